The van der Waals surface area contributed by atoms with Crippen LogP contribution in [0.3, 0.4) is 0 Å². The largest absolute Gasteiger partial charge is 0.361 e. The summed E-state index contributed by atoms with van der Waals surface area (Å²) in [5.41, 5.74) is 2.09. The molecule has 2 heterocycles. The van der Waals surface area contributed by atoms with Crippen molar-refractivity contribution in [2.24, 2.45) is 4.99 Å². The molecule has 1 amide bonds. The van der Waals surface area contributed by atoms with Gasteiger partial charge in [0.15, 0.2) is 5.96 Å². The molecule has 1 aromatic rings. The third-order valence-corrected chi connectivity index (χ3v) is 4.94. The number of aliphatic imine (C=N–C) groups is 1. The van der Waals surface area contributed by atoms with Crippen molar-refractivity contribution in [3.8, 4) is 0 Å². The molecular formula is C19H35IN6O2. The number of aryl methyl sites for hydroxylation is 2. The Bertz CT molecular complexity index is 619. The first kappa shape index (κ1) is 24.7. The number of carbonyl (C=O) groups excluding carboxylic acids is 1. The fourth-order valence-corrected chi connectivity index (χ4v) is 3.22. The number of hydrogen-bond acceptors (Lipinski definition) is 5. The number of aromatic nitrogens is 1. The minimum atomic E-state index is 0. The van der Waals surface area contributed by atoms with Crippen LogP contribution >= 0.6 is 24.0 Å². The van der Waals surface area contributed by atoms with Crippen molar-refractivity contribution < 1.29 is 9.32 Å². The van der Waals surface area contributed by atoms with Gasteiger partial charge in [0, 0.05) is 51.9 Å². The zero-order valence-electron chi connectivity index (χ0n) is 17.7. The SMILES string of the molecule is CCNC(=NCCc1c(C)noc1C)NC1CCN(CC(=O)N(C)C)CC1.I. The van der Waals surface area contributed by atoms with E-state index >= 15 is 0 Å². The summed E-state index contributed by atoms with van der Waals surface area (Å²) >= 11 is 0. The Kier molecular flexibility index (Phi) is 10.8. The van der Waals surface area contributed by atoms with E-state index in [9.17, 15) is 4.79 Å². The molecule has 0 saturated carbocycles. The lowest BCUT2D eigenvalue weighted by molar-refractivity contribution is -0.130. The maximum Gasteiger partial charge on any atom is 0.236 e. The molecule has 0 atom stereocenters. The third-order valence-electron chi connectivity index (χ3n) is 4.94. The molecule has 0 unspecified atom stereocenters. The summed E-state index contributed by atoms with van der Waals surface area (Å²) in [6.45, 7) is 9.85. The molecule has 1 fully saturated rings. The monoisotopic (exact) mass is 506 g/mol. The highest BCUT2D eigenvalue weighted by atomic mass is 127. The number of amides is 1. The van der Waals surface area contributed by atoms with Crippen LogP contribution in [0.4, 0.5) is 0 Å². The van der Waals surface area contributed by atoms with Crippen LogP contribution in [0.2, 0.25) is 0 Å². The van der Waals surface area contributed by atoms with Crippen LogP contribution in [-0.4, -0.2) is 79.7 Å². The van der Waals surface area contributed by atoms with Crippen molar-refractivity contribution in [1.82, 2.24) is 25.6 Å². The highest BCUT2D eigenvalue weighted by molar-refractivity contribution is 14.0. The van der Waals surface area contributed by atoms with Crippen molar-refractivity contribution in [3.63, 3.8) is 0 Å². The summed E-state index contributed by atoms with van der Waals surface area (Å²) in [5.74, 6) is 1.89. The normalized spacial score (nSPS) is 15.8. The number of nitrogens with zero attached hydrogens (tertiary/aromatic N) is 4. The first-order valence-electron chi connectivity index (χ1n) is 9.79. The highest BCUT2D eigenvalue weighted by Crippen LogP contribution is 2.13. The highest BCUT2D eigenvalue weighted by Gasteiger charge is 2.22. The van der Waals surface area contributed by atoms with E-state index in [0.717, 1.165) is 61.9 Å². The molecule has 1 aliphatic rings. The number of halogens is 1. The number of rotatable bonds is 7. The smallest absolute Gasteiger partial charge is 0.236 e. The Morgan fingerprint density at radius 1 is 1.32 bits per heavy atom. The topological polar surface area (TPSA) is 86.0 Å². The molecule has 9 heteroatoms. The molecule has 0 spiro atoms. The van der Waals surface area contributed by atoms with E-state index in [-0.39, 0.29) is 29.9 Å². The van der Waals surface area contributed by atoms with Crippen LogP contribution in [0.25, 0.3) is 0 Å². The Morgan fingerprint density at radius 2 is 2.00 bits per heavy atom. The van der Waals surface area contributed by atoms with Gasteiger partial charge >= 0.3 is 0 Å². The van der Waals surface area contributed by atoms with Crippen molar-refractivity contribution in [3.05, 3.63) is 17.0 Å². The average molecular weight is 506 g/mol. The Labute approximate surface area is 185 Å². The van der Waals surface area contributed by atoms with E-state index in [1.54, 1.807) is 19.0 Å². The lowest BCUT2D eigenvalue weighted by atomic mass is 10.1. The second-order valence-electron chi connectivity index (χ2n) is 7.30. The number of likely N-dealkylation sites (N-methyl/N-ethyl adjacent to an activating group) is 1. The van der Waals surface area contributed by atoms with Gasteiger partial charge in [0.25, 0.3) is 0 Å². The molecule has 0 radical (unpaired) electrons. The second kappa shape index (κ2) is 12.3. The molecule has 160 valence electrons. The molecular weight excluding hydrogens is 471 g/mol. The lowest BCUT2D eigenvalue weighted by Gasteiger charge is -2.33. The lowest BCUT2D eigenvalue weighted by Crippen LogP contribution is -2.50. The summed E-state index contributed by atoms with van der Waals surface area (Å²) < 4.78 is 5.21. The summed E-state index contributed by atoms with van der Waals surface area (Å²) in [6.07, 6.45) is 2.84. The van der Waals surface area contributed by atoms with Gasteiger partial charge in [-0.1, -0.05) is 5.16 Å². The van der Waals surface area contributed by atoms with Gasteiger partial charge in [0.05, 0.1) is 12.2 Å². The van der Waals surface area contributed by atoms with E-state index in [4.69, 9.17) is 9.52 Å². The van der Waals surface area contributed by atoms with E-state index in [0.29, 0.717) is 19.1 Å². The third kappa shape index (κ3) is 7.57. The number of piperidine rings is 1. The van der Waals surface area contributed by atoms with Crippen LogP contribution in [0.5, 0.6) is 0 Å². The maximum absolute atomic E-state index is 11.8. The summed E-state index contributed by atoms with van der Waals surface area (Å²) in [6, 6.07) is 0.382. The molecule has 1 saturated heterocycles. The van der Waals surface area contributed by atoms with E-state index in [1.165, 1.54) is 0 Å². The predicted molar refractivity (Wildman–Crippen MR) is 122 cm³/mol. The molecule has 0 bridgehead atoms. The van der Waals surface area contributed by atoms with Gasteiger partial charge in [0.1, 0.15) is 5.76 Å². The molecule has 0 aliphatic carbocycles. The molecule has 2 rings (SSSR count). The molecule has 0 aromatic carbocycles. The van der Waals surface area contributed by atoms with E-state index < -0.39 is 0 Å². The first-order valence-corrected chi connectivity index (χ1v) is 9.79. The first-order chi connectivity index (χ1) is 12.9. The standard InChI is InChI=1S/C19H34N6O2.HI/c1-6-20-19(21-10-7-17-14(2)23-27-15(17)3)22-16-8-11-25(12-9-16)13-18(26)24(4)5;/h16H,6-13H2,1-5H3,(H2,20,21,22);1H. The van der Waals surface area contributed by atoms with Crippen LogP contribution < -0.4 is 10.6 Å². The minimum absolute atomic E-state index is 0. The zero-order chi connectivity index (χ0) is 19.8. The van der Waals surface area contributed by atoms with Crippen molar-refractivity contribution in [1.29, 1.82) is 0 Å². The van der Waals surface area contributed by atoms with Crippen LogP contribution in [-0.2, 0) is 11.2 Å². The van der Waals surface area contributed by atoms with Gasteiger partial charge < -0.3 is 20.1 Å². The molecule has 2 N–H and O–H groups in total. The molecule has 1 aliphatic heterocycles. The van der Waals surface area contributed by atoms with E-state index in [2.05, 4.69) is 27.6 Å². The summed E-state index contributed by atoms with van der Waals surface area (Å²) in [4.78, 5) is 20.4. The number of nitrogens with one attached hydrogen (secondary N) is 2. The van der Waals surface area contributed by atoms with Crippen molar-refractivity contribution in [2.45, 2.75) is 46.1 Å². The summed E-state index contributed by atoms with van der Waals surface area (Å²) in [7, 11) is 3.61. The van der Waals surface area contributed by atoms with Crippen LogP contribution in [0.15, 0.2) is 9.52 Å². The maximum atomic E-state index is 11.8. The number of carbonyl (C=O) groups is 1. The fraction of sp³-hybridized carbons (Fsp3) is 0.737. The van der Waals surface area contributed by atoms with Gasteiger partial charge in [-0.3, -0.25) is 14.7 Å². The predicted octanol–water partition coefficient (Wildman–Crippen LogP) is 1.56. The van der Waals surface area contributed by atoms with Gasteiger partial charge in [-0.25, -0.2) is 0 Å². The minimum Gasteiger partial charge on any atom is -0.361 e. The van der Waals surface area contributed by atoms with E-state index in [1.807, 2.05) is 13.8 Å². The van der Waals surface area contributed by atoms with Crippen LogP contribution in [0, 0.1) is 13.8 Å². The van der Waals surface area contributed by atoms with Gasteiger partial charge in [-0.15, -0.1) is 24.0 Å². The van der Waals surface area contributed by atoms with Gasteiger partial charge in [0.2, 0.25) is 5.91 Å². The Morgan fingerprint density at radius 3 is 2.54 bits per heavy atom. The second-order valence-corrected chi connectivity index (χ2v) is 7.30. The fourth-order valence-electron chi connectivity index (χ4n) is 3.22. The Balaban J connectivity index is 0.00000392. The van der Waals surface area contributed by atoms with Gasteiger partial charge in [-0.2, -0.15) is 0 Å². The number of guanidine groups is 1. The molecule has 1 aromatic heterocycles. The van der Waals surface area contributed by atoms with Gasteiger partial charge in [-0.05, 0) is 40.0 Å². The summed E-state index contributed by atoms with van der Waals surface area (Å²) in [5, 5.41) is 10.9. The quantitative estimate of drug-likeness (QED) is 0.332. The molecule has 28 heavy (non-hydrogen) atoms. The van der Waals surface area contributed by atoms with Crippen molar-refractivity contribution >= 4 is 35.8 Å². The number of likely N-dealkylation sites (tertiary alicyclic amines) is 1. The average Bonchev–Trinajstić information content (AvgIpc) is 2.95. The molecule has 8 nitrogen and oxygen atoms in total. The van der Waals surface area contributed by atoms with Crippen LogP contribution in [0.1, 0.15) is 36.8 Å². The number of hydrogen-bond donors (Lipinski definition) is 2. The van der Waals surface area contributed by atoms with Crippen molar-refractivity contribution in [2.75, 3.05) is 46.8 Å². The zero-order valence-corrected chi connectivity index (χ0v) is 20.1. The Hall–Kier alpha value is -1.36.